The molecule has 0 bridgehead atoms. The molecular formula is C5H10Cl2N4O. The van der Waals surface area contributed by atoms with E-state index in [2.05, 4.69) is 15.4 Å². The normalized spacial score (nSPS) is 7.50. The third kappa shape index (κ3) is 3.56. The molecular weight excluding hydrogens is 203 g/mol. The van der Waals surface area contributed by atoms with Crippen molar-refractivity contribution >= 4 is 30.8 Å². The van der Waals surface area contributed by atoms with Gasteiger partial charge in [-0.05, 0) is 0 Å². The Morgan fingerprint density at radius 2 is 2.17 bits per heavy atom. The van der Waals surface area contributed by atoms with Crippen molar-refractivity contribution in [3.63, 3.8) is 0 Å². The summed E-state index contributed by atoms with van der Waals surface area (Å²) in [5.74, 6) is 5.88. The van der Waals surface area contributed by atoms with Crippen molar-refractivity contribution in [2.24, 2.45) is 5.84 Å². The van der Waals surface area contributed by atoms with Gasteiger partial charge in [0.1, 0.15) is 0 Å². The summed E-state index contributed by atoms with van der Waals surface area (Å²) in [7, 11) is 1.53. The summed E-state index contributed by atoms with van der Waals surface area (Å²) in [5, 5.41) is 0. The molecule has 1 rings (SSSR count). The number of ether oxygens (including phenoxy) is 1. The molecule has 0 aliphatic carbocycles. The molecule has 0 atom stereocenters. The Kier molecular flexibility index (Phi) is 7.93. The Balaban J connectivity index is 0. The van der Waals surface area contributed by atoms with Crippen molar-refractivity contribution in [1.29, 1.82) is 0 Å². The van der Waals surface area contributed by atoms with Crippen molar-refractivity contribution in [3.05, 3.63) is 12.3 Å². The molecule has 0 radical (unpaired) electrons. The number of nitrogens with one attached hydrogen (secondary N) is 1. The van der Waals surface area contributed by atoms with Crippen LogP contribution in [0, 0.1) is 0 Å². The number of halogens is 2. The first-order chi connectivity index (χ1) is 4.86. The highest BCUT2D eigenvalue weighted by Gasteiger charge is 1.93. The molecule has 0 saturated carbocycles. The Labute approximate surface area is 82.5 Å². The van der Waals surface area contributed by atoms with E-state index in [1.807, 2.05) is 0 Å². The van der Waals surface area contributed by atoms with E-state index in [1.54, 1.807) is 12.3 Å². The zero-order chi connectivity index (χ0) is 7.40. The van der Waals surface area contributed by atoms with Crippen LogP contribution in [0.5, 0.6) is 5.88 Å². The summed E-state index contributed by atoms with van der Waals surface area (Å²) < 4.78 is 4.81. The Hall–Kier alpha value is -0.780. The number of hydrogen-bond donors (Lipinski definition) is 2. The standard InChI is InChI=1S/C5H8N4O.2ClH/c1-10-4-2-3-7-5(8-4)9-6;;/h2-3H,6H2,1H3,(H,7,8,9);2*1H. The van der Waals surface area contributed by atoms with Crippen LogP contribution in [0.1, 0.15) is 0 Å². The maximum atomic E-state index is 5.04. The molecule has 1 aromatic rings. The number of methoxy groups -OCH3 is 1. The van der Waals surface area contributed by atoms with E-state index in [4.69, 9.17) is 10.6 Å². The van der Waals surface area contributed by atoms with E-state index in [-0.39, 0.29) is 24.8 Å². The van der Waals surface area contributed by atoms with E-state index >= 15 is 0 Å². The topological polar surface area (TPSA) is 73.1 Å². The number of hydrazine groups is 1. The predicted molar refractivity (Wildman–Crippen MR) is 50.9 cm³/mol. The molecule has 3 N–H and O–H groups in total. The first-order valence-electron chi connectivity index (χ1n) is 2.70. The third-order valence-corrected chi connectivity index (χ3v) is 0.968. The van der Waals surface area contributed by atoms with Gasteiger partial charge in [0, 0.05) is 12.3 Å². The van der Waals surface area contributed by atoms with Crippen LogP contribution in [0.25, 0.3) is 0 Å². The molecule has 12 heavy (non-hydrogen) atoms. The fraction of sp³-hybridized carbons (Fsp3) is 0.200. The summed E-state index contributed by atoms with van der Waals surface area (Å²) in [6.07, 6.45) is 1.56. The Morgan fingerprint density at radius 1 is 1.50 bits per heavy atom. The molecule has 1 aromatic heterocycles. The largest absolute Gasteiger partial charge is 0.481 e. The van der Waals surface area contributed by atoms with Crippen LogP contribution < -0.4 is 16.0 Å². The molecule has 0 aromatic carbocycles. The van der Waals surface area contributed by atoms with Gasteiger partial charge in [0.15, 0.2) is 0 Å². The second kappa shape index (κ2) is 6.90. The van der Waals surface area contributed by atoms with E-state index in [1.165, 1.54) is 7.11 Å². The van der Waals surface area contributed by atoms with Gasteiger partial charge in [-0.2, -0.15) is 4.98 Å². The molecule has 0 aliphatic heterocycles. The van der Waals surface area contributed by atoms with Crippen LogP contribution in [-0.2, 0) is 0 Å². The number of nitrogen functional groups attached to an aromatic ring is 1. The third-order valence-electron chi connectivity index (χ3n) is 0.968. The van der Waals surface area contributed by atoms with Gasteiger partial charge in [0.2, 0.25) is 11.8 Å². The molecule has 7 heteroatoms. The predicted octanol–water partition coefficient (Wildman–Crippen LogP) is 0.614. The number of nitrogens with two attached hydrogens (primary N) is 1. The number of hydrogen-bond acceptors (Lipinski definition) is 5. The van der Waals surface area contributed by atoms with Gasteiger partial charge in [-0.25, -0.2) is 10.8 Å². The Bertz CT molecular complexity index is 203. The lowest BCUT2D eigenvalue weighted by Gasteiger charge is -1.99. The fourth-order valence-electron chi connectivity index (χ4n) is 0.525. The van der Waals surface area contributed by atoms with Crippen molar-refractivity contribution in [2.75, 3.05) is 12.5 Å². The molecule has 0 amide bonds. The van der Waals surface area contributed by atoms with Crippen molar-refractivity contribution in [1.82, 2.24) is 9.97 Å². The zero-order valence-corrected chi connectivity index (χ0v) is 7.98. The zero-order valence-electron chi connectivity index (χ0n) is 6.35. The average Bonchev–Trinajstić information content (AvgIpc) is 2.05. The van der Waals surface area contributed by atoms with Crippen LogP contribution in [0.3, 0.4) is 0 Å². The monoisotopic (exact) mass is 212 g/mol. The second-order valence-corrected chi connectivity index (χ2v) is 1.57. The lowest BCUT2D eigenvalue weighted by molar-refractivity contribution is 0.397. The molecule has 1 heterocycles. The van der Waals surface area contributed by atoms with Gasteiger partial charge in [0.05, 0.1) is 7.11 Å². The smallest absolute Gasteiger partial charge is 0.240 e. The van der Waals surface area contributed by atoms with Gasteiger partial charge < -0.3 is 4.74 Å². The summed E-state index contributed by atoms with van der Waals surface area (Å²) in [4.78, 5) is 7.62. The summed E-state index contributed by atoms with van der Waals surface area (Å²) in [6.45, 7) is 0. The average molecular weight is 213 g/mol. The lowest BCUT2D eigenvalue weighted by Crippen LogP contribution is -2.10. The molecule has 0 aliphatic rings. The highest BCUT2D eigenvalue weighted by molar-refractivity contribution is 5.85. The van der Waals surface area contributed by atoms with Crippen LogP contribution in [-0.4, -0.2) is 17.1 Å². The van der Waals surface area contributed by atoms with Crippen LogP contribution in [0.15, 0.2) is 12.3 Å². The minimum Gasteiger partial charge on any atom is -0.481 e. The minimum atomic E-state index is 0. The quantitative estimate of drug-likeness (QED) is 0.556. The van der Waals surface area contributed by atoms with E-state index in [0.29, 0.717) is 11.8 Å². The fourth-order valence-corrected chi connectivity index (χ4v) is 0.525. The minimum absolute atomic E-state index is 0. The first kappa shape index (κ1) is 13.8. The summed E-state index contributed by atoms with van der Waals surface area (Å²) in [5.41, 5.74) is 2.30. The summed E-state index contributed by atoms with van der Waals surface area (Å²) in [6, 6.07) is 1.64. The van der Waals surface area contributed by atoms with Crippen LogP contribution >= 0.6 is 24.8 Å². The molecule has 0 spiro atoms. The van der Waals surface area contributed by atoms with Crippen LogP contribution in [0.2, 0.25) is 0 Å². The van der Waals surface area contributed by atoms with Gasteiger partial charge in [0.25, 0.3) is 0 Å². The molecule has 0 fully saturated rings. The highest BCUT2D eigenvalue weighted by atomic mass is 35.5. The maximum Gasteiger partial charge on any atom is 0.240 e. The van der Waals surface area contributed by atoms with Crippen molar-refractivity contribution in [3.8, 4) is 5.88 Å². The summed E-state index contributed by atoms with van der Waals surface area (Å²) >= 11 is 0. The van der Waals surface area contributed by atoms with E-state index < -0.39 is 0 Å². The number of nitrogens with zero attached hydrogens (tertiary/aromatic N) is 2. The van der Waals surface area contributed by atoms with Crippen molar-refractivity contribution < 1.29 is 4.74 Å². The number of aromatic nitrogens is 2. The molecule has 0 unspecified atom stereocenters. The van der Waals surface area contributed by atoms with Crippen molar-refractivity contribution in [2.45, 2.75) is 0 Å². The van der Waals surface area contributed by atoms with Crippen LogP contribution in [0.4, 0.5) is 5.95 Å². The van der Waals surface area contributed by atoms with Gasteiger partial charge in [-0.15, -0.1) is 24.8 Å². The highest BCUT2D eigenvalue weighted by Crippen LogP contribution is 2.04. The molecule has 5 nitrogen and oxygen atoms in total. The Morgan fingerprint density at radius 3 is 2.67 bits per heavy atom. The number of anilines is 1. The van der Waals surface area contributed by atoms with E-state index in [9.17, 15) is 0 Å². The lowest BCUT2D eigenvalue weighted by atomic mass is 10.6. The van der Waals surface area contributed by atoms with Gasteiger partial charge in [-0.1, -0.05) is 0 Å². The first-order valence-corrected chi connectivity index (χ1v) is 2.70. The second-order valence-electron chi connectivity index (χ2n) is 1.57. The molecule has 0 saturated heterocycles. The van der Waals surface area contributed by atoms with E-state index in [0.717, 1.165) is 0 Å². The molecule has 70 valence electrons. The maximum absolute atomic E-state index is 5.04. The van der Waals surface area contributed by atoms with Gasteiger partial charge >= 0.3 is 0 Å². The number of rotatable bonds is 2. The van der Waals surface area contributed by atoms with Gasteiger partial charge in [-0.3, -0.25) is 5.43 Å². The SMILES string of the molecule is COc1ccnc(NN)n1.Cl.Cl.